The fourth-order valence-corrected chi connectivity index (χ4v) is 8.32. The average Bonchev–Trinajstić information content (AvgIpc) is 3.56. The van der Waals surface area contributed by atoms with Gasteiger partial charge in [0, 0.05) is 29.2 Å². The van der Waals surface area contributed by atoms with E-state index in [0.717, 1.165) is 25.9 Å². The zero-order valence-electron chi connectivity index (χ0n) is 23.6. The number of rotatable bonds is 9. The number of carboxylic acids is 1. The molecule has 1 aromatic carbocycles. The van der Waals surface area contributed by atoms with Crippen LogP contribution in [0.4, 0.5) is 0 Å². The van der Waals surface area contributed by atoms with E-state index in [4.69, 9.17) is 5.73 Å². The van der Waals surface area contributed by atoms with E-state index in [2.05, 4.69) is 28.8 Å². The van der Waals surface area contributed by atoms with E-state index in [-0.39, 0.29) is 40.5 Å². The molecule has 0 bridgehead atoms. The molecule has 0 radical (unpaired) electrons. The van der Waals surface area contributed by atoms with Crippen molar-refractivity contribution in [2.24, 2.45) is 17.6 Å². The van der Waals surface area contributed by atoms with Gasteiger partial charge in [0.1, 0.15) is 12.7 Å². The Balaban J connectivity index is 0.00000368. The summed E-state index contributed by atoms with van der Waals surface area (Å²) in [6.45, 7) is 4.80. The van der Waals surface area contributed by atoms with E-state index in [1.807, 2.05) is 47.1 Å². The molecule has 43 heavy (non-hydrogen) atoms. The highest BCUT2D eigenvalue weighted by molar-refractivity contribution is 7.98. The number of nitrogens with zero attached hydrogens (tertiary/aromatic N) is 4. The van der Waals surface area contributed by atoms with Crippen LogP contribution < -0.4 is 37.0 Å². The Morgan fingerprint density at radius 2 is 1.77 bits per heavy atom. The minimum absolute atomic E-state index is 0. The van der Waals surface area contributed by atoms with Crippen molar-refractivity contribution in [3.8, 4) is 0 Å². The number of β-lactam (4-membered cyclic amide) rings is 1. The summed E-state index contributed by atoms with van der Waals surface area (Å²) in [7, 11) is 0. The van der Waals surface area contributed by atoms with E-state index in [1.165, 1.54) is 16.2 Å². The monoisotopic (exact) mass is 683 g/mol. The quantitative estimate of drug-likeness (QED) is 0.117. The van der Waals surface area contributed by atoms with Crippen molar-refractivity contribution in [2.45, 2.75) is 44.1 Å². The molecule has 13 heteroatoms. The first-order valence-electron chi connectivity index (χ1n) is 13.5. The Hall–Kier alpha value is -3.52. The van der Waals surface area contributed by atoms with Gasteiger partial charge in [0.05, 0.1) is 40.2 Å². The number of hydrogen-bond donors (Lipinski definition) is 2. The molecule has 3 N–H and O–H groups in total. The van der Waals surface area contributed by atoms with E-state index in [1.54, 1.807) is 30.8 Å². The smallest absolute Gasteiger partial charge is 0.250 e. The number of aromatic nitrogens is 3. The third-order valence-corrected chi connectivity index (χ3v) is 10.2. The second kappa shape index (κ2) is 11.9. The van der Waals surface area contributed by atoms with Gasteiger partial charge in [-0.3, -0.25) is 9.59 Å². The van der Waals surface area contributed by atoms with Crippen molar-refractivity contribution in [3.63, 3.8) is 0 Å². The summed E-state index contributed by atoms with van der Waals surface area (Å²) in [5.74, 6) is -3.06. The molecule has 4 atom stereocenters. The second-order valence-electron chi connectivity index (χ2n) is 10.8. The maximum atomic E-state index is 12.7. The summed E-state index contributed by atoms with van der Waals surface area (Å²) in [5.41, 5.74) is 8.55. The lowest BCUT2D eigenvalue weighted by Crippen LogP contribution is -3.00. The summed E-state index contributed by atoms with van der Waals surface area (Å²) in [5, 5.41) is 23.4. The molecule has 2 aliphatic rings. The van der Waals surface area contributed by atoms with Gasteiger partial charge in [0.25, 0.3) is 6.33 Å². The molecule has 1 fully saturated rings. The predicted molar refractivity (Wildman–Crippen MR) is 154 cm³/mol. The predicted octanol–water partition coefficient (Wildman–Crippen LogP) is -2.18. The van der Waals surface area contributed by atoms with Crippen molar-refractivity contribution >= 4 is 51.3 Å². The summed E-state index contributed by atoms with van der Waals surface area (Å²) in [6.07, 6.45) is 8.75. The summed E-state index contributed by atoms with van der Waals surface area (Å²) >= 11 is 3.11. The number of thioether (sulfide) groups is 1. The van der Waals surface area contributed by atoms with Gasteiger partial charge in [0.2, 0.25) is 21.7 Å². The van der Waals surface area contributed by atoms with Crippen LogP contribution in [0.5, 0.6) is 0 Å². The Bertz CT molecular complexity index is 1760. The molecule has 0 aliphatic carbocycles. The Kier molecular flexibility index (Phi) is 8.54. The van der Waals surface area contributed by atoms with Crippen LogP contribution in [0.1, 0.15) is 40.2 Å². The zero-order chi connectivity index (χ0) is 29.9. The largest absolute Gasteiger partial charge is 1.00 e. The molecular formula is C30H30BrN5O5S2. The number of primary amides is 1. The number of carbonyl (C=O) groups excluding carboxylic acids is 3. The number of halogens is 1. The van der Waals surface area contributed by atoms with Crippen molar-refractivity contribution in [1.29, 1.82) is 0 Å². The maximum Gasteiger partial charge on any atom is 0.250 e. The van der Waals surface area contributed by atoms with Gasteiger partial charge >= 0.3 is 0 Å². The topological polar surface area (TPSA) is 136 Å². The van der Waals surface area contributed by atoms with E-state index in [9.17, 15) is 24.6 Å². The molecule has 6 rings (SSSR count). The van der Waals surface area contributed by atoms with Crippen LogP contribution in [0.3, 0.4) is 0 Å². The molecule has 224 valence electrons. The summed E-state index contributed by atoms with van der Waals surface area (Å²) in [6, 6.07) is 11.4. The number of fused-ring (bicyclic) bond motifs is 2. The van der Waals surface area contributed by atoms with E-state index < -0.39 is 23.9 Å². The lowest BCUT2D eigenvalue weighted by Gasteiger charge is -2.47. The van der Waals surface area contributed by atoms with Gasteiger partial charge in [-0.05, 0) is 18.7 Å². The number of aliphatic hydroxyl groups is 1. The molecule has 0 spiro atoms. The first kappa shape index (κ1) is 30.9. The molecule has 0 unspecified atom stereocenters. The number of aliphatic hydroxyl groups excluding tert-OH is 1. The molecule has 3 aromatic heterocycles. The van der Waals surface area contributed by atoms with Crippen molar-refractivity contribution in [1.82, 2.24) is 9.30 Å². The van der Waals surface area contributed by atoms with Crippen molar-refractivity contribution in [2.75, 3.05) is 6.26 Å². The van der Waals surface area contributed by atoms with Crippen LogP contribution in [0.2, 0.25) is 0 Å². The van der Waals surface area contributed by atoms with Gasteiger partial charge in [-0.25, -0.2) is 9.13 Å². The Labute approximate surface area is 266 Å². The number of carbonyl (C=O) groups is 3. The van der Waals surface area contributed by atoms with Crippen LogP contribution >= 0.6 is 23.1 Å². The third-order valence-electron chi connectivity index (χ3n) is 8.15. The normalized spacial score (nSPS) is 20.1. The Morgan fingerprint density at radius 1 is 1.14 bits per heavy atom. The van der Waals surface area contributed by atoms with Crippen LogP contribution in [0.15, 0.2) is 72.0 Å². The first-order valence-corrected chi connectivity index (χ1v) is 15.5. The van der Waals surface area contributed by atoms with E-state index >= 15 is 0 Å². The molecule has 2 aliphatic heterocycles. The fourth-order valence-electron chi connectivity index (χ4n) is 6.14. The molecule has 0 saturated carbocycles. The number of hydrogen-bond acceptors (Lipinski definition) is 7. The number of amides is 2. The van der Waals surface area contributed by atoms with Crippen LogP contribution in [-0.2, 0) is 22.7 Å². The highest BCUT2D eigenvalue weighted by Gasteiger charge is 2.59. The number of nitrogens with two attached hydrogens (primary N) is 1. The van der Waals surface area contributed by atoms with Gasteiger partial charge in [-0.1, -0.05) is 54.3 Å². The number of pyridine rings is 1. The second-order valence-corrected chi connectivity index (χ2v) is 12.6. The average molecular weight is 685 g/mol. The van der Waals surface area contributed by atoms with E-state index in [0.29, 0.717) is 24.2 Å². The molecule has 2 amide bonds. The molecule has 5 heterocycles. The third kappa shape index (κ3) is 5.28. The highest BCUT2D eigenvalue weighted by Crippen LogP contribution is 2.51. The summed E-state index contributed by atoms with van der Waals surface area (Å²) < 4.78 is 6.15. The maximum absolute atomic E-state index is 12.7. The van der Waals surface area contributed by atoms with Gasteiger partial charge in [-0.15, -0.1) is 0 Å². The van der Waals surface area contributed by atoms with Crippen LogP contribution in [-0.4, -0.2) is 50.6 Å². The molecule has 4 aromatic rings. The standard InChI is InChI=1S/C30H29N5O5S2.BrH/c1-16-22(25(30(39)40)35-24(16)23(17(2)36)27(35)38)21-14-34-15-33(28(41-3)29(34)42-21)13-19-6-4-18(5-7-19)12-32-10-8-20(9-11-32)26(31)37;/h4-11,14-17,23-24,36H,12-13H2,1-3H3,(H-2,31,37,39,40);1H/t16-,17+,23+,24+;/m0./s1. The van der Waals surface area contributed by atoms with Crippen molar-refractivity contribution in [3.05, 3.63) is 88.6 Å². The minimum Gasteiger partial charge on any atom is -1.00 e. The SMILES string of the molecule is CSc1c2sc(C3=C(C(=O)[O-])N4C(=O)[C@H]([C@@H](C)O)[C@H]4[C@H]3C)cn2c[n+]1Cc1ccc(C[n+]2ccc(C(N)=O)cc2)cc1.[Br-]. The van der Waals surface area contributed by atoms with Gasteiger partial charge in [-0.2, -0.15) is 4.40 Å². The van der Waals surface area contributed by atoms with Gasteiger partial charge in [0.15, 0.2) is 18.9 Å². The van der Waals surface area contributed by atoms with Crippen LogP contribution in [0, 0.1) is 11.8 Å². The van der Waals surface area contributed by atoms with Crippen LogP contribution in [0.25, 0.3) is 10.4 Å². The number of carboxylic acid groups (broad SMARTS) is 1. The van der Waals surface area contributed by atoms with Gasteiger partial charge < -0.3 is 42.6 Å². The summed E-state index contributed by atoms with van der Waals surface area (Å²) in [4.78, 5) is 39.3. The minimum atomic E-state index is -1.38. The number of aliphatic carboxylic acids is 1. The lowest BCUT2D eigenvalue weighted by molar-refractivity contribution is -0.721. The molecule has 1 saturated heterocycles. The molecule has 10 nitrogen and oxygen atoms in total. The first-order chi connectivity index (χ1) is 20.1. The fraction of sp³-hybridized carbons (Fsp3) is 0.300. The highest BCUT2D eigenvalue weighted by atomic mass is 79.9. The number of imidazole rings is 1. The van der Waals surface area contributed by atoms with Crippen molar-refractivity contribution < 1.29 is 50.7 Å². The zero-order valence-corrected chi connectivity index (χ0v) is 26.9. The Morgan fingerprint density at radius 3 is 2.33 bits per heavy atom. The lowest BCUT2D eigenvalue weighted by atomic mass is 9.77. The molecular weight excluding hydrogens is 654 g/mol. The number of benzene rings is 1. The number of thiazole rings is 1.